The van der Waals surface area contributed by atoms with Gasteiger partial charge in [0.05, 0.1) is 5.56 Å². The Hall–Kier alpha value is -4.20. The molecule has 218 valence electrons. The fraction of sp³-hybridized carbons (Fsp3) is 0.370. The smallest absolute Gasteiger partial charge is 0.430 e. The number of carboxylic acids is 1. The Morgan fingerprint density at radius 1 is 1.02 bits per heavy atom. The Morgan fingerprint density at radius 2 is 1.71 bits per heavy atom. The van der Waals surface area contributed by atoms with Crippen molar-refractivity contribution in [3.63, 3.8) is 0 Å². The SMILES string of the molecule is O=C([O-])C(F)(F)F.O=C1C=N[NH+](Cc2ccc(F)c(C(=O)N3CCN(C4CCCC4)C(=O)C3)c2)c2cccc(F)c21. The van der Waals surface area contributed by atoms with Gasteiger partial charge >= 0.3 is 6.18 Å². The molecule has 1 atom stereocenters. The molecule has 2 aliphatic heterocycles. The van der Waals surface area contributed by atoms with Crippen molar-refractivity contribution in [2.24, 2.45) is 5.10 Å². The summed E-state index contributed by atoms with van der Waals surface area (Å²) < 4.78 is 60.4. The Bertz CT molecular complexity index is 1390. The third-order valence-corrected chi connectivity index (χ3v) is 7.08. The van der Waals surface area contributed by atoms with Gasteiger partial charge in [0.15, 0.2) is 5.69 Å². The second-order valence-electron chi connectivity index (χ2n) is 9.76. The van der Waals surface area contributed by atoms with Crippen LogP contribution in [0.3, 0.4) is 0 Å². The highest BCUT2D eigenvalue weighted by Gasteiger charge is 2.34. The number of nitrogens with one attached hydrogen (secondary N) is 1. The number of benzene rings is 2. The highest BCUT2D eigenvalue weighted by molar-refractivity contribution is 6.36. The van der Waals surface area contributed by atoms with Crippen molar-refractivity contribution in [1.29, 1.82) is 0 Å². The van der Waals surface area contributed by atoms with Gasteiger partial charge in [0.2, 0.25) is 11.7 Å². The molecule has 14 heteroatoms. The van der Waals surface area contributed by atoms with Crippen molar-refractivity contribution in [3.05, 3.63) is 64.7 Å². The van der Waals surface area contributed by atoms with Gasteiger partial charge in [-0.05, 0) is 31.0 Å². The summed E-state index contributed by atoms with van der Waals surface area (Å²) in [6.07, 6.45) is 0.102. The summed E-state index contributed by atoms with van der Waals surface area (Å²) in [5, 5.41) is 13.4. The molecule has 1 saturated heterocycles. The minimum absolute atomic E-state index is 0.0374. The summed E-state index contributed by atoms with van der Waals surface area (Å²) in [7, 11) is 0. The van der Waals surface area contributed by atoms with Gasteiger partial charge in [-0.15, -0.1) is 0 Å². The lowest BCUT2D eigenvalue weighted by Crippen LogP contribution is -3.02. The van der Waals surface area contributed by atoms with Gasteiger partial charge in [-0.1, -0.05) is 30.1 Å². The summed E-state index contributed by atoms with van der Waals surface area (Å²) in [6, 6.07) is 8.78. The van der Waals surface area contributed by atoms with Crippen LogP contribution in [-0.4, -0.2) is 71.4 Å². The van der Waals surface area contributed by atoms with Crippen molar-refractivity contribution >= 4 is 35.5 Å². The second kappa shape index (κ2) is 12.1. The molecule has 1 saturated carbocycles. The number of hydrogen-bond acceptors (Lipinski definition) is 6. The van der Waals surface area contributed by atoms with Crippen LogP contribution in [-0.2, 0) is 16.1 Å². The minimum atomic E-state index is -5.19. The zero-order chi connectivity index (χ0) is 29.9. The van der Waals surface area contributed by atoms with Gasteiger partial charge < -0.3 is 19.7 Å². The summed E-state index contributed by atoms with van der Waals surface area (Å²) in [6.45, 7) is 0.950. The fourth-order valence-electron chi connectivity index (χ4n) is 5.10. The summed E-state index contributed by atoms with van der Waals surface area (Å²) in [5.41, 5.74) is 0.829. The monoisotopic (exact) mass is 580 g/mol. The fourth-order valence-corrected chi connectivity index (χ4v) is 5.10. The minimum Gasteiger partial charge on any atom is -0.542 e. The van der Waals surface area contributed by atoms with Gasteiger partial charge in [-0.25, -0.2) is 8.78 Å². The van der Waals surface area contributed by atoms with Crippen LogP contribution in [0.2, 0.25) is 0 Å². The first kappa shape index (κ1) is 29.8. The first-order chi connectivity index (χ1) is 19.4. The topological polar surface area (TPSA) is 115 Å². The molecule has 2 heterocycles. The number of hydrogen-bond donors (Lipinski definition) is 1. The first-order valence-electron chi connectivity index (χ1n) is 12.7. The number of alkyl halides is 3. The number of halogens is 5. The molecule has 41 heavy (non-hydrogen) atoms. The number of aliphatic carboxylic acids is 1. The van der Waals surface area contributed by atoms with E-state index in [-0.39, 0.29) is 36.2 Å². The molecule has 9 nitrogen and oxygen atoms in total. The van der Waals surface area contributed by atoms with E-state index >= 15 is 0 Å². The normalized spacial score (nSPS) is 19.1. The molecule has 2 aromatic carbocycles. The number of ketones is 1. The molecule has 1 unspecified atom stereocenters. The van der Waals surface area contributed by atoms with E-state index in [9.17, 15) is 36.3 Å². The molecule has 2 amide bonds. The van der Waals surface area contributed by atoms with Crippen LogP contribution in [0, 0.1) is 11.6 Å². The highest BCUT2D eigenvalue weighted by Crippen LogP contribution is 2.26. The summed E-state index contributed by atoms with van der Waals surface area (Å²) in [4.78, 5) is 49.9. The predicted molar refractivity (Wildman–Crippen MR) is 131 cm³/mol. The zero-order valence-corrected chi connectivity index (χ0v) is 21.5. The molecule has 0 spiro atoms. The lowest BCUT2D eigenvalue weighted by molar-refractivity contribution is -0.854. The Balaban J connectivity index is 0.000000493. The van der Waals surface area contributed by atoms with Crippen LogP contribution >= 0.6 is 0 Å². The number of nitrogens with zero attached hydrogens (tertiary/aromatic N) is 3. The number of rotatable bonds is 4. The largest absolute Gasteiger partial charge is 0.542 e. The molecule has 5 rings (SSSR count). The van der Waals surface area contributed by atoms with Crippen LogP contribution in [0.15, 0.2) is 41.5 Å². The Kier molecular flexibility index (Phi) is 8.80. The zero-order valence-electron chi connectivity index (χ0n) is 21.5. The maximum Gasteiger partial charge on any atom is 0.430 e. The van der Waals surface area contributed by atoms with Crippen molar-refractivity contribution in [2.45, 2.75) is 44.4 Å². The van der Waals surface area contributed by atoms with Crippen LogP contribution in [0.4, 0.5) is 27.6 Å². The highest BCUT2D eigenvalue weighted by atomic mass is 19.4. The average molecular weight is 581 g/mol. The number of quaternary nitrogens is 1. The number of carbonyl (C=O) groups is 4. The Morgan fingerprint density at radius 3 is 2.34 bits per heavy atom. The van der Waals surface area contributed by atoms with E-state index in [1.807, 2.05) is 4.90 Å². The lowest BCUT2D eigenvalue weighted by Gasteiger charge is -2.37. The molecular weight excluding hydrogens is 555 g/mol. The van der Waals surface area contributed by atoms with Crippen molar-refractivity contribution in [1.82, 2.24) is 9.80 Å². The van der Waals surface area contributed by atoms with Gasteiger partial charge in [-0.3, -0.25) is 14.4 Å². The first-order valence-corrected chi connectivity index (χ1v) is 12.7. The number of piperazine rings is 1. The molecular formula is C27H25F5N4O5. The van der Waals surface area contributed by atoms with Gasteiger partial charge in [0.25, 0.3) is 5.91 Å². The van der Waals surface area contributed by atoms with Crippen molar-refractivity contribution in [3.8, 4) is 0 Å². The van der Waals surface area contributed by atoms with Crippen LogP contribution < -0.4 is 10.1 Å². The van der Waals surface area contributed by atoms with Crippen molar-refractivity contribution < 1.29 is 51.2 Å². The standard InChI is InChI=1S/C25H24F2N4O3.C2HF3O2/c26-19-9-8-16(14-31-21-7-3-6-20(27)24(21)22(32)13-28-31)12-18(19)25(34)29-10-11-30(23(33)15-29)17-4-1-2-5-17;3-2(4,5)1(6)7/h3,6-9,12-13,17H,1-2,4-5,10-11,14-15H2;(H,6,7). The maximum absolute atomic E-state index is 14.6. The third-order valence-electron chi connectivity index (χ3n) is 7.08. The van der Waals surface area contributed by atoms with E-state index in [1.165, 1.54) is 35.2 Å². The molecule has 3 aliphatic rings. The van der Waals surface area contributed by atoms with E-state index in [0.29, 0.717) is 29.3 Å². The number of amides is 2. The number of Topliss-reactive ketones (excluding diaryl/α,β-unsaturated/α-hetero) is 1. The predicted octanol–water partition coefficient (Wildman–Crippen LogP) is 1.39. The summed E-state index contributed by atoms with van der Waals surface area (Å²) in [5.74, 6) is -5.43. The number of carboxylic acid groups (broad SMARTS) is 1. The third kappa shape index (κ3) is 6.76. The summed E-state index contributed by atoms with van der Waals surface area (Å²) >= 11 is 0. The van der Waals surface area contributed by atoms with Crippen molar-refractivity contribution in [2.75, 3.05) is 19.6 Å². The van der Waals surface area contributed by atoms with E-state index in [4.69, 9.17) is 9.90 Å². The van der Waals surface area contributed by atoms with Gasteiger partial charge in [0, 0.05) is 30.8 Å². The molecule has 0 bridgehead atoms. The van der Waals surface area contributed by atoms with Crippen LogP contribution in [0.1, 0.15) is 52.0 Å². The molecule has 0 aromatic heterocycles. The molecule has 0 radical (unpaired) electrons. The van der Waals surface area contributed by atoms with Gasteiger partial charge in [0.1, 0.15) is 42.5 Å². The average Bonchev–Trinajstić information content (AvgIpc) is 3.45. The lowest BCUT2D eigenvalue weighted by atomic mass is 10.0. The van der Waals surface area contributed by atoms with E-state index in [1.54, 1.807) is 6.07 Å². The molecule has 2 aromatic rings. The Labute approximate surface area is 230 Å². The van der Waals surface area contributed by atoms with E-state index < -0.39 is 35.5 Å². The van der Waals surface area contributed by atoms with E-state index in [2.05, 4.69) is 5.10 Å². The molecule has 1 N–H and O–H groups in total. The van der Waals surface area contributed by atoms with Gasteiger partial charge in [-0.2, -0.15) is 18.2 Å². The number of fused-ring (bicyclic) bond motifs is 1. The van der Waals surface area contributed by atoms with Crippen LogP contribution in [0.5, 0.6) is 0 Å². The maximum atomic E-state index is 14.6. The molecule has 2 fully saturated rings. The second-order valence-corrected chi connectivity index (χ2v) is 9.76. The van der Waals surface area contributed by atoms with Crippen LogP contribution in [0.25, 0.3) is 0 Å². The van der Waals surface area contributed by atoms with E-state index in [0.717, 1.165) is 31.9 Å². The number of carbonyl (C=O) groups excluding carboxylic acids is 4. The molecule has 1 aliphatic carbocycles. The quantitative estimate of drug-likeness (QED) is 0.550.